The molecule has 0 saturated heterocycles. The highest BCUT2D eigenvalue weighted by Crippen LogP contribution is 2.07. The second kappa shape index (κ2) is 12.0. The molecule has 0 spiro atoms. The first-order valence-corrected chi connectivity index (χ1v) is 11.5. The quantitative estimate of drug-likeness (QED) is 0.276. The molecule has 0 aliphatic carbocycles. The Kier molecular flexibility index (Phi) is 11.6. The summed E-state index contributed by atoms with van der Waals surface area (Å²) in [6, 6.07) is 0. The Morgan fingerprint density at radius 2 is 1.90 bits per heavy atom. The average molecular weight is 293 g/mol. The van der Waals surface area contributed by atoms with Crippen LogP contribution in [-0.2, 0) is 0 Å². The minimum atomic E-state index is -1.24. The Morgan fingerprint density at radius 3 is 2.50 bits per heavy atom. The highest BCUT2D eigenvalue weighted by molar-refractivity contribution is 6.83. The maximum Gasteiger partial charge on any atom is 0.129 e. The normalized spacial score (nSPS) is 12.1. The number of aliphatic hydroxyl groups excluding tert-OH is 1. The molecule has 1 nitrogen and oxygen atoms in total. The van der Waals surface area contributed by atoms with Gasteiger partial charge >= 0.3 is 0 Å². The van der Waals surface area contributed by atoms with E-state index >= 15 is 0 Å². The van der Waals surface area contributed by atoms with Gasteiger partial charge in [-0.2, -0.15) is 0 Å². The second-order valence-electron chi connectivity index (χ2n) is 6.42. The van der Waals surface area contributed by atoms with Gasteiger partial charge in [-0.25, -0.2) is 0 Å². The fourth-order valence-corrected chi connectivity index (χ4v) is 2.43. The lowest BCUT2D eigenvalue weighted by molar-refractivity contribution is 0.247. The van der Waals surface area contributed by atoms with Crippen LogP contribution >= 0.6 is 0 Å². The van der Waals surface area contributed by atoms with Gasteiger partial charge in [-0.3, -0.25) is 0 Å². The summed E-state index contributed by atoms with van der Waals surface area (Å²) in [5.74, 6) is 3.46. The van der Waals surface area contributed by atoms with Gasteiger partial charge in [-0.15, -0.1) is 17.2 Å². The van der Waals surface area contributed by atoms with Crippen LogP contribution in [0.1, 0.15) is 51.9 Å². The number of rotatable bonds is 9. The highest BCUT2D eigenvalue weighted by Gasteiger charge is 2.07. The Labute approximate surface area is 127 Å². The minimum Gasteiger partial charge on any atom is -0.396 e. The van der Waals surface area contributed by atoms with E-state index < -0.39 is 8.07 Å². The molecule has 2 heteroatoms. The van der Waals surface area contributed by atoms with E-state index in [4.69, 9.17) is 0 Å². The van der Waals surface area contributed by atoms with Crippen LogP contribution in [0.4, 0.5) is 0 Å². The fourth-order valence-electron chi connectivity index (χ4n) is 1.77. The van der Waals surface area contributed by atoms with E-state index in [9.17, 15) is 5.11 Å². The molecule has 0 aromatic heterocycles. The summed E-state index contributed by atoms with van der Waals surface area (Å²) in [6.07, 6.45) is 12.2. The van der Waals surface area contributed by atoms with E-state index in [-0.39, 0.29) is 12.5 Å². The molecule has 1 atom stereocenters. The molecule has 1 N–H and O–H groups in total. The summed E-state index contributed by atoms with van der Waals surface area (Å²) < 4.78 is 0. The molecule has 0 heterocycles. The average Bonchev–Trinajstić information content (AvgIpc) is 2.39. The van der Waals surface area contributed by atoms with Gasteiger partial charge in [0.1, 0.15) is 8.07 Å². The Morgan fingerprint density at radius 1 is 1.15 bits per heavy atom. The number of hydrogen-bond donors (Lipinski definition) is 1. The van der Waals surface area contributed by atoms with Crippen molar-refractivity contribution in [1.29, 1.82) is 0 Å². The van der Waals surface area contributed by atoms with Crippen molar-refractivity contribution in [3.8, 4) is 11.5 Å². The van der Waals surface area contributed by atoms with Crippen LogP contribution in [0.15, 0.2) is 17.9 Å². The van der Waals surface area contributed by atoms with Gasteiger partial charge in [0.15, 0.2) is 0 Å². The third-order valence-electron chi connectivity index (χ3n) is 2.99. The molecule has 20 heavy (non-hydrogen) atoms. The van der Waals surface area contributed by atoms with Gasteiger partial charge in [-0.1, -0.05) is 45.8 Å². The summed E-state index contributed by atoms with van der Waals surface area (Å²) >= 11 is 0. The second-order valence-corrected chi connectivity index (χ2v) is 11.2. The number of unbranched alkanes of at least 4 members (excludes halogenated alkanes) is 4. The van der Waals surface area contributed by atoms with Crippen LogP contribution in [0.3, 0.4) is 0 Å². The molecule has 0 aromatic carbocycles. The van der Waals surface area contributed by atoms with Crippen molar-refractivity contribution in [3.63, 3.8) is 0 Å². The van der Waals surface area contributed by atoms with Crippen molar-refractivity contribution in [2.45, 2.75) is 71.5 Å². The van der Waals surface area contributed by atoms with Crippen LogP contribution in [-0.4, -0.2) is 19.8 Å². The standard InChI is InChI=1S/C18H32OSi/c1-5-6-7-8-9-10-11-14-18(17-19)15-12-13-16-20(2,3)4/h10,14,18-19H,5-9,12,15,17H2,1-4H3. The zero-order valence-electron chi connectivity index (χ0n) is 13.8. The monoisotopic (exact) mass is 292 g/mol. The van der Waals surface area contributed by atoms with E-state index in [2.05, 4.69) is 49.8 Å². The third kappa shape index (κ3) is 13.7. The highest BCUT2D eigenvalue weighted by atomic mass is 28.3. The Hall–Kier alpha value is -0.743. The molecule has 0 bridgehead atoms. The molecule has 0 aliphatic heterocycles. The van der Waals surface area contributed by atoms with Gasteiger partial charge in [0.25, 0.3) is 0 Å². The summed E-state index contributed by atoms with van der Waals surface area (Å²) in [5.41, 5.74) is 6.58. The van der Waals surface area contributed by atoms with Gasteiger partial charge in [0.05, 0.1) is 0 Å². The predicted molar refractivity (Wildman–Crippen MR) is 92.3 cm³/mol. The third-order valence-corrected chi connectivity index (χ3v) is 3.92. The lowest BCUT2D eigenvalue weighted by Crippen LogP contribution is -2.16. The van der Waals surface area contributed by atoms with Gasteiger partial charge in [-0.05, 0) is 31.4 Å². The number of aliphatic hydroxyl groups is 1. The lowest BCUT2D eigenvalue weighted by Gasteiger charge is -2.06. The van der Waals surface area contributed by atoms with E-state index in [0.29, 0.717) is 0 Å². The molecule has 0 fully saturated rings. The van der Waals surface area contributed by atoms with E-state index in [1.54, 1.807) is 0 Å². The maximum atomic E-state index is 9.33. The molecule has 0 aliphatic rings. The Bertz CT molecular complexity index is 348. The van der Waals surface area contributed by atoms with Gasteiger partial charge in [0, 0.05) is 18.9 Å². The number of hydrogen-bond acceptors (Lipinski definition) is 1. The fraction of sp³-hybridized carbons (Fsp3) is 0.722. The molecule has 0 radical (unpaired) electrons. The summed E-state index contributed by atoms with van der Waals surface area (Å²) in [5, 5.41) is 9.33. The SMILES string of the molecule is CCCCCCC=C=CC(CO)CCC#C[Si](C)(C)C. The molecule has 0 aromatic rings. The molecular formula is C18H32OSi. The summed E-state index contributed by atoms with van der Waals surface area (Å²) in [4.78, 5) is 0. The van der Waals surface area contributed by atoms with Crippen LogP contribution in [0.2, 0.25) is 19.6 Å². The summed E-state index contributed by atoms with van der Waals surface area (Å²) in [7, 11) is -1.24. The smallest absolute Gasteiger partial charge is 0.129 e. The molecule has 114 valence electrons. The van der Waals surface area contributed by atoms with Crippen LogP contribution < -0.4 is 0 Å². The molecular weight excluding hydrogens is 260 g/mol. The largest absolute Gasteiger partial charge is 0.396 e. The maximum absolute atomic E-state index is 9.33. The zero-order chi connectivity index (χ0) is 15.3. The van der Waals surface area contributed by atoms with Crippen LogP contribution in [0, 0.1) is 17.4 Å². The van der Waals surface area contributed by atoms with Crippen LogP contribution in [0.25, 0.3) is 0 Å². The first kappa shape index (κ1) is 19.3. The van der Waals surface area contributed by atoms with Crippen molar-refractivity contribution < 1.29 is 5.11 Å². The topological polar surface area (TPSA) is 20.2 Å². The van der Waals surface area contributed by atoms with Crippen molar-refractivity contribution in [2.75, 3.05) is 6.61 Å². The van der Waals surface area contributed by atoms with Crippen molar-refractivity contribution >= 4 is 8.07 Å². The molecule has 0 rings (SSSR count). The molecule has 0 saturated carbocycles. The van der Waals surface area contributed by atoms with Crippen molar-refractivity contribution in [2.24, 2.45) is 5.92 Å². The summed E-state index contributed by atoms with van der Waals surface area (Å²) in [6.45, 7) is 9.19. The van der Waals surface area contributed by atoms with E-state index in [0.717, 1.165) is 19.3 Å². The van der Waals surface area contributed by atoms with Crippen molar-refractivity contribution in [3.05, 3.63) is 17.9 Å². The van der Waals surface area contributed by atoms with Crippen LogP contribution in [0.5, 0.6) is 0 Å². The van der Waals surface area contributed by atoms with Gasteiger partial charge < -0.3 is 5.11 Å². The minimum absolute atomic E-state index is 0.200. The molecule has 0 amide bonds. The first-order chi connectivity index (χ1) is 9.49. The first-order valence-electron chi connectivity index (χ1n) is 8.01. The predicted octanol–water partition coefficient (Wildman–Crippen LogP) is 4.94. The zero-order valence-corrected chi connectivity index (χ0v) is 14.8. The lowest BCUT2D eigenvalue weighted by atomic mass is 10.0. The van der Waals surface area contributed by atoms with E-state index in [1.807, 2.05) is 6.08 Å². The Balaban J connectivity index is 3.95. The molecule has 1 unspecified atom stereocenters. The van der Waals surface area contributed by atoms with E-state index in [1.165, 1.54) is 25.7 Å². The van der Waals surface area contributed by atoms with Crippen molar-refractivity contribution in [1.82, 2.24) is 0 Å². The van der Waals surface area contributed by atoms with Gasteiger partial charge in [0.2, 0.25) is 0 Å².